The maximum atomic E-state index is 5.82. The van der Waals surface area contributed by atoms with E-state index in [1.807, 2.05) is 13.0 Å². The molecule has 0 bridgehead atoms. The molecule has 1 aromatic heterocycles. The standard InChI is InChI=1S/C15H26N4/c1-4-19-9-5-6-14(19)11-18(3)15-13(10-16)8-7-12(2)17-15/h7-8,14H,4-6,9-11,16H2,1-3H3. The number of hydrogen-bond donors (Lipinski definition) is 1. The molecule has 1 aliphatic rings. The zero-order chi connectivity index (χ0) is 13.8. The van der Waals surface area contributed by atoms with Crippen LogP contribution in [0.4, 0.5) is 5.82 Å². The number of likely N-dealkylation sites (N-methyl/N-ethyl adjacent to an activating group) is 2. The van der Waals surface area contributed by atoms with Gasteiger partial charge in [-0.25, -0.2) is 4.98 Å². The third-order valence-electron chi connectivity index (χ3n) is 4.07. The molecule has 2 rings (SSSR count). The van der Waals surface area contributed by atoms with E-state index in [9.17, 15) is 0 Å². The average molecular weight is 262 g/mol. The topological polar surface area (TPSA) is 45.4 Å². The van der Waals surface area contributed by atoms with Crippen LogP contribution in [0, 0.1) is 6.92 Å². The molecule has 1 fully saturated rings. The maximum absolute atomic E-state index is 5.82. The molecule has 106 valence electrons. The fraction of sp³-hybridized carbons (Fsp3) is 0.667. The summed E-state index contributed by atoms with van der Waals surface area (Å²) in [6, 6.07) is 4.79. The Bertz CT molecular complexity index is 419. The zero-order valence-electron chi connectivity index (χ0n) is 12.4. The van der Waals surface area contributed by atoms with Gasteiger partial charge in [-0.1, -0.05) is 13.0 Å². The van der Waals surface area contributed by atoms with Gasteiger partial charge in [0.05, 0.1) is 0 Å². The van der Waals surface area contributed by atoms with E-state index < -0.39 is 0 Å². The van der Waals surface area contributed by atoms with E-state index in [1.165, 1.54) is 19.4 Å². The Balaban J connectivity index is 2.11. The van der Waals surface area contributed by atoms with Gasteiger partial charge in [0.25, 0.3) is 0 Å². The van der Waals surface area contributed by atoms with Gasteiger partial charge in [-0.3, -0.25) is 4.90 Å². The Morgan fingerprint density at radius 2 is 2.26 bits per heavy atom. The van der Waals surface area contributed by atoms with Crippen molar-refractivity contribution in [3.8, 4) is 0 Å². The maximum Gasteiger partial charge on any atom is 0.133 e. The highest BCUT2D eigenvalue weighted by Gasteiger charge is 2.24. The molecule has 0 aromatic carbocycles. The molecule has 1 aromatic rings. The van der Waals surface area contributed by atoms with Crippen molar-refractivity contribution in [3.05, 3.63) is 23.4 Å². The summed E-state index contributed by atoms with van der Waals surface area (Å²) >= 11 is 0. The quantitative estimate of drug-likeness (QED) is 0.878. The number of nitrogens with zero attached hydrogens (tertiary/aromatic N) is 3. The Morgan fingerprint density at radius 3 is 2.95 bits per heavy atom. The van der Waals surface area contributed by atoms with Crippen molar-refractivity contribution in [2.75, 3.05) is 31.6 Å². The highest BCUT2D eigenvalue weighted by atomic mass is 15.2. The molecule has 0 spiro atoms. The second-order valence-corrected chi connectivity index (χ2v) is 5.44. The summed E-state index contributed by atoms with van der Waals surface area (Å²) in [4.78, 5) is 9.50. The van der Waals surface area contributed by atoms with Crippen LogP contribution in [0.1, 0.15) is 31.0 Å². The molecule has 1 atom stereocenters. The second kappa shape index (κ2) is 6.35. The number of pyridine rings is 1. The van der Waals surface area contributed by atoms with E-state index in [1.54, 1.807) is 0 Å². The van der Waals surface area contributed by atoms with Gasteiger partial charge >= 0.3 is 0 Å². The third kappa shape index (κ3) is 3.25. The first-order valence-corrected chi connectivity index (χ1v) is 7.27. The van der Waals surface area contributed by atoms with Gasteiger partial charge < -0.3 is 10.6 Å². The summed E-state index contributed by atoms with van der Waals surface area (Å²) < 4.78 is 0. The predicted molar refractivity (Wildman–Crippen MR) is 80.4 cm³/mol. The van der Waals surface area contributed by atoms with E-state index >= 15 is 0 Å². The lowest BCUT2D eigenvalue weighted by Gasteiger charge is -2.29. The van der Waals surface area contributed by atoms with Gasteiger partial charge in [-0.05, 0) is 38.9 Å². The summed E-state index contributed by atoms with van der Waals surface area (Å²) in [5.41, 5.74) is 8.01. The lowest BCUT2D eigenvalue weighted by Crippen LogP contribution is -2.39. The minimum Gasteiger partial charge on any atom is -0.358 e. The molecular formula is C15H26N4. The number of aryl methyl sites for hydroxylation is 1. The lowest BCUT2D eigenvalue weighted by atomic mass is 10.2. The first kappa shape index (κ1) is 14.3. The van der Waals surface area contributed by atoms with Gasteiger partial charge in [0.1, 0.15) is 5.82 Å². The van der Waals surface area contributed by atoms with E-state index in [2.05, 4.69) is 34.8 Å². The third-order valence-corrected chi connectivity index (χ3v) is 4.07. The van der Waals surface area contributed by atoms with Crippen molar-refractivity contribution in [1.29, 1.82) is 0 Å². The fourth-order valence-electron chi connectivity index (χ4n) is 2.98. The predicted octanol–water partition coefficient (Wildman–Crippen LogP) is 1.77. The minimum atomic E-state index is 0.551. The number of aromatic nitrogens is 1. The Hall–Kier alpha value is -1.13. The molecule has 0 radical (unpaired) electrons. The average Bonchev–Trinajstić information content (AvgIpc) is 2.85. The molecule has 4 nitrogen and oxygen atoms in total. The summed E-state index contributed by atoms with van der Waals surface area (Å²) in [5.74, 6) is 1.05. The number of nitrogens with two attached hydrogens (primary N) is 1. The van der Waals surface area contributed by atoms with Crippen molar-refractivity contribution < 1.29 is 0 Å². The smallest absolute Gasteiger partial charge is 0.133 e. The van der Waals surface area contributed by atoms with Crippen LogP contribution in [0.15, 0.2) is 12.1 Å². The summed E-state index contributed by atoms with van der Waals surface area (Å²) in [7, 11) is 2.13. The highest BCUT2D eigenvalue weighted by Crippen LogP contribution is 2.22. The van der Waals surface area contributed by atoms with Crippen LogP contribution in [0.3, 0.4) is 0 Å². The molecule has 0 saturated carbocycles. The fourth-order valence-corrected chi connectivity index (χ4v) is 2.98. The lowest BCUT2D eigenvalue weighted by molar-refractivity contribution is 0.270. The molecule has 19 heavy (non-hydrogen) atoms. The van der Waals surface area contributed by atoms with Crippen LogP contribution < -0.4 is 10.6 Å². The van der Waals surface area contributed by atoms with E-state index in [0.717, 1.165) is 30.2 Å². The molecule has 4 heteroatoms. The summed E-state index contributed by atoms with van der Waals surface area (Å²) in [5, 5.41) is 0. The number of rotatable bonds is 5. The normalized spacial score (nSPS) is 19.9. The van der Waals surface area contributed by atoms with Crippen molar-refractivity contribution in [1.82, 2.24) is 9.88 Å². The van der Waals surface area contributed by atoms with Gasteiger partial charge in [-0.2, -0.15) is 0 Å². The van der Waals surface area contributed by atoms with Crippen molar-refractivity contribution in [2.45, 2.75) is 39.3 Å². The van der Waals surface area contributed by atoms with Crippen LogP contribution >= 0.6 is 0 Å². The van der Waals surface area contributed by atoms with Crippen LogP contribution in [-0.2, 0) is 6.54 Å². The molecular weight excluding hydrogens is 236 g/mol. The second-order valence-electron chi connectivity index (χ2n) is 5.44. The SMILES string of the molecule is CCN1CCCC1CN(C)c1nc(C)ccc1CN. The number of hydrogen-bond acceptors (Lipinski definition) is 4. The van der Waals surface area contributed by atoms with Crippen LogP contribution in [-0.4, -0.2) is 42.6 Å². The zero-order valence-corrected chi connectivity index (χ0v) is 12.4. The monoisotopic (exact) mass is 262 g/mol. The summed E-state index contributed by atoms with van der Waals surface area (Å²) in [6.07, 6.45) is 2.61. The molecule has 1 aliphatic heterocycles. The van der Waals surface area contributed by atoms with Gasteiger partial charge in [-0.15, -0.1) is 0 Å². The molecule has 0 aliphatic carbocycles. The van der Waals surface area contributed by atoms with Gasteiger partial charge in [0.2, 0.25) is 0 Å². The number of anilines is 1. The van der Waals surface area contributed by atoms with Gasteiger partial charge in [0.15, 0.2) is 0 Å². The molecule has 2 N–H and O–H groups in total. The van der Waals surface area contributed by atoms with Crippen LogP contribution in [0.2, 0.25) is 0 Å². The van der Waals surface area contributed by atoms with E-state index in [4.69, 9.17) is 5.73 Å². The van der Waals surface area contributed by atoms with Crippen LogP contribution in [0.25, 0.3) is 0 Å². The largest absolute Gasteiger partial charge is 0.358 e. The first-order chi connectivity index (χ1) is 9.15. The highest BCUT2D eigenvalue weighted by molar-refractivity contribution is 5.47. The molecule has 2 heterocycles. The Labute approximate surface area is 116 Å². The molecule has 1 saturated heterocycles. The van der Waals surface area contributed by atoms with Gasteiger partial charge in [0, 0.05) is 37.4 Å². The van der Waals surface area contributed by atoms with Crippen LogP contribution in [0.5, 0.6) is 0 Å². The molecule has 1 unspecified atom stereocenters. The number of likely N-dealkylation sites (tertiary alicyclic amines) is 1. The Kier molecular flexibility index (Phi) is 4.77. The van der Waals surface area contributed by atoms with E-state index in [-0.39, 0.29) is 0 Å². The molecule has 0 amide bonds. The minimum absolute atomic E-state index is 0.551. The first-order valence-electron chi connectivity index (χ1n) is 7.27. The van der Waals surface area contributed by atoms with Crippen molar-refractivity contribution in [2.24, 2.45) is 5.73 Å². The van der Waals surface area contributed by atoms with Crippen molar-refractivity contribution in [3.63, 3.8) is 0 Å². The van der Waals surface area contributed by atoms with E-state index in [0.29, 0.717) is 12.6 Å². The van der Waals surface area contributed by atoms with Crippen molar-refractivity contribution >= 4 is 5.82 Å². The summed E-state index contributed by atoms with van der Waals surface area (Å²) in [6.45, 7) is 8.25. The Morgan fingerprint density at radius 1 is 1.47 bits per heavy atom.